The van der Waals surface area contributed by atoms with Gasteiger partial charge in [0.2, 0.25) is 0 Å². The lowest BCUT2D eigenvalue weighted by molar-refractivity contribution is -0.145. The van der Waals surface area contributed by atoms with Gasteiger partial charge in [0, 0.05) is 25.0 Å². The van der Waals surface area contributed by atoms with E-state index in [1.807, 2.05) is 6.92 Å². The highest BCUT2D eigenvalue weighted by Crippen LogP contribution is 2.25. The van der Waals surface area contributed by atoms with Crippen LogP contribution in [0.4, 0.5) is 0 Å². The zero-order chi connectivity index (χ0) is 11.7. The van der Waals surface area contributed by atoms with Gasteiger partial charge in [0.15, 0.2) is 0 Å². The molecule has 1 aromatic rings. The Balaban J connectivity index is 1.79. The molecule has 1 saturated heterocycles. The molecule has 0 aliphatic carbocycles. The number of likely N-dealkylation sites (tertiary alicyclic amines) is 1. The third-order valence-electron chi connectivity index (χ3n) is 3.13. The van der Waals surface area contributed by atoms with E-state index in [2.05, 4.69) is 15.3 Å². The number of aliphatic carboxylic acids is 1. The van der Waals surface area contributed by atoms with Gasteiger partial charge in [-0.15, -0.1) is 11.3 Å². The molecule has 1 unspecified atom stereocenters. The van der Waals surface area contributed by atoms with E-state index in [0.29, 0.717) is 5.92 Å². The Morgan fingerprint density at radius 2 is 2.44 bits per heavy atom. The molecule has 1 fully saturated rings. The highest BCUT2D eigenvalue weighted by Gasteiger charge is 2.34. The predicted octanol–water partition coefficient (Wildman–Crippen LogP) is 1.60. The van der Waals surface area contributed by atoms with E-state index < -0.39 is 5.97 Å². The lowest BCUT2D eigenvalue weighted by atomic mass is 9.87. The van der Waals surface area contributed by atoms with E-state index in [4.69, 9.17) is 5.11 Å². The van der Waals surface area contributed by atoms with E-state index in [1.165, 1.54) is 0 Å². The monoisotopic (exact) mass is 240 g/mol. The van der Waals surface area contributed by atoms with E-state index in [-0.39, 0.29) is 5.92 Å². The largest absolute Gasteiger partial charge is 0.481 e. The van der Waals surface area contributed by atoms with Gasteiger partial charge in [0.05, 0.1) is 16.6 Å². The van der Waals surface area contributed by atoms with Crippen molar-refractivity contribution in [1.29, 1.82) is 0 Å². The number of thiazole rings is 1. The number of carboxylic acid groups (broad SMARTS) is 1. The minimum atomic E-state index is -0.686. The van der Waals surface area contributed by atoms with Gasteiger partial charge >= 0.3 is 5.97 Å². The zero-order valence-corrected chi connectivity index (χ0v) is 10.3. The first kappa shape index (κ1) is 11.5. The SMILES string of the molecule is Cc1nc(CN2CC(C(C)C(=O)O)C2)cs1. The van der Waals surface area contributed by atoms with Crippen molar-refractivity contribution in [2.75, 3.05) is 13.1 Å². The standard InChI is InChI=1S/C11H16N2O2S/c1-7(11(14)15)9-3-13(4-9)5-10-6-16-8(2)12-10/h6-7,9H,3-5H2,1-2H3,(H,14,15). The smallest absolute Gasteiger partial charge is 0.306 e. The summed E-state index contributed by atoms with van der Waals surface area (Å²) in [4.78, 5) is 17.4. The number of carboxylic acids is 1. The van der Waals surface area contributed by atoms with Crippen LogP contribution >= 0.6 is 11.3 Å². The van der Waals surface area contributed by atoms with Crippen LogP contribution in [-0.4, -0.2) is 34.0 Å². The maximum atomic E-state index is 10.8. The topological polar surface area (TPSA) is 53.4 Å². The zero-order valence-electron chi connectivity index (χ0n) is 9.51. The highest BCUT2D eigenvalue weighted by molar-refractivity contribution is 7.09. The Hall–Kier alpha value is -0.940. The van der Waals surface area contributed by atoms with Crippen LogP contribution in [0.5, 0.6) is 0 Å². The van der Waals surface area contributed by atoms with E-state index in [1.54, 1.807) is 18.3 Å². The summed E-state index contributed by atoms with van der Waals surface area (Å²) in [7, 11) is 0. The molecule has 4 nitrogen and oxygen atoms in total. The molecule has 5 heteroatoms. The second kappa shape index (κ2) is 4.51. The average molecular weight is 240 g/mol. The molecular weight excluding hydrogens is 224 g/mol. The molecule has 0 radical (unpaired) electrons. The maximum absolute atomic E-state index is 10.8. The maximum Gasteiger partial charge on any atom is 0.306 e. The highest BCUT2D eigenvalue weighted by atomic mass is 32.1. The first-order valence-corrected chi connectivity index (χ1v) is 6.30. The molecule has 1 N–H and O–H groups in total. The average Bonchev–Trinajstić information content (AvgIpc) is 2.56. The van der Waals surface area contributed by atoms with Crippen LogP contribution in [0.1, 0.15) is 17.6 Å². The van der Waals surface area contributed by atoms with E-state index in [0.717, 1.165) is 30.3 Å². The van der Waals surface area contributed by atoms with Crippen molar-refractivity contribution in [3.8, 4) is 0 Å². The molecule has 1 aromatic heterocycles. The Kier molecular flexibility index (Phi) is 3.25. The number of hydrogen-bond donors (Lipinski definition) is 1. The van der Waals surface area contributed by atoms with Gasteiger partial charge < -0.3 is 5.11 Å². The summed E-state index contributed by atoms with van der Waals surface area (Å²) in [6.45, 7) is 6.40. The second-order valence-electron chi connectivity index (χ2n) is 4.44. The summed E-state index contributed by atoms with van der Waals surface area (Å²) in [5.74, 6) is -0.611. The fourth-order valence-electron chi connectivity index (χ4n) is 1.97. The number of carbonyl (C=O) groups is 1. The van der Waals surface area contributed by atoms with Gasteiger partial charge in [0.1, 0.15) is 0 Å². The van der Waals surface area contributed by atoms with Gasteiger partial charge in [0.25, 0.3) is 0 Å². The summed E-state index contributed by atoms with van der Waals surface area (Å²) in [5, 5.41) is 12.0. The molecule has 0 spiro atoms. The molecule has 1 aliphatic heterocycles. The third kappa shape index (κ3) is 2.41. The summed E-state index contributed by atoms with van der Waals surface area (Å²) in [5.41, 5.74) is 1.10. The van der Waals surface area contributed by atoms with Gasteiger partial charge in [-0.2, -0.15) is 0 Å². The lowest BCUT2D eigenvalue weighted by Crippen LogP contribution is -2.50. The first-order valence-electron chi connectivity index (χ1n) is 5.42. The van der Waals surface area contributed by atoms with Crippen LogP contribution < -0.4 is 0 Å². The fraction of sp³-hybridized carbons (Fsp3) is 0.636. The fourth-order valence-corrected chi connectivity index (χ4v) is 2.57. The molecule has 0 aromatic carbocycles. The predicted molar refractivity (Wildman–Crippen MR) is 62.4 cm³/mol. The number of aryl methyl sites for hydroxylation is 1. The van der Waals surface area contributed by atoms with Gasteiger partial charge in [-0.25, -0.2) is 4.98 Å². The summed E-state index contributed by atoms with van der Waals surface area (Å²) in [6, 6.07) is 0. The minimum Gasteiger partial charge on any atom is -0.481 e. The van der Waals surface area contributed by atoms with Gasteiger partial charge in [-0.05, 0) is 12.8 Å². The van der Waals surface area contributed by atoms with E-state index in [9.17, 15) is 4.79 Å². The first-order chi connectivity index (χ1) is 7.56. The van der Waals surface area contributed by atoms with Crippen molar-refractivity contribution in [2.24, 2.45) is 11.8 Å². The summed E-state index contributed by atoms with van der Waals surface area (Å²) in [6.07, 6.45) is 0. The number of nitrogens with zero attached hydrogens (tertiary/aromatic N) is 2. The van der Waals surface area contributed by atoms with Crippen LogP contribution in [0.3, 0.4) is 0 Å². The van der Waals surface area contributed by atoms with Crippen LogP contribution in [0.25, 0.3) is 0 Å². The van der Waals surface area contributed by atoms with Crippen LogP contribution in [0.2, 0.25) is 0 Å². The van der Waals surface area contributed by atoms with Crippen LogP contribution in [-0.2, 0) is 11.3 Å². The molecule has 0 amide bonds. The minimum absolute atomic E-state index is 0.228. The van der Waals surface area contributed by atoms with Crippen molar-refractivity contribution >= 4 is 17.3 Å². The van der Waals surface area contributed by atoms with Crippen LogP contribution in [0, 0.1) is 18.8 Å². The Labute approximate surface area is 98.9 Å². The van der Waals surface area contributed by atoms with E-state index >= 15 is 0 Å². The normalized spacial score (nSPS) is 19.4. The summed E-state index contributed by atoms with van der Waals surface area (Å²) < 4.78 is 0. The van der Waals surface area contributed by atoms with Crippen molar-refractivity contribution < 1.29 is 9.90 Å². The molecule has 1 aliphatic rings. The van der Waals surface area contributed by atoms with Gasteiger partial charge in [-0.1, -0.05) is 6.92 Å². The molecule has 1 atom stereocenters. The van der Waals surface area contributed by atoms with Crippen LogP contribution in [0.15, 0.2) is 5.38 Å². The van der Waals surface area contributed by atoms with Crippen molar-refractivity contribution in [3.05, 3.63) is 16.1 Å². The Morgan fingerprint density at radius 1 is 1.75 bits per heavy atom. The Morgan fingerprint density at radius 3 is 2.94 bits per heavy atom. The molecule has 16 heavy (non-hydrogen) atoms. The van der Waals surface area contributed by atoms with Crippen molar-refractivity contribution in [1.82, 2.24) is 9.88 Å². The molecular formula is C11H16N2O2S. The quantitative estimate of drug-likeness (QED) is 0.868. The number of rotatable bonds is 4. The van der Waals surface area contributed by atoms with Crippen molar-refractivity contribution in [3.63, 3.8) is 0 Å². The van der Waals surface area contributed by atoms with Crippen molar-refractivity contribution in [2.45, 2.75) is 20.4 Å². The molecule has 88 valence electrons. The number of hydrogen-bond acceptors (Lipinski definition) is 4. The molecule has 2 rings (SSSR count). The lowest BCUT2D eigenvalue weighted by Gasteiger charge is -2.40. The molecule has 0 bridgehead atoms. The second-order valence-corrected chi connectivity index (χ2v) is 5.50. The summed E-state index contributed by atoms with van der Waals surface area (Å²) >= 11 is 1.66. The molecule has 0 saturated carbocycles. The van der Waals surface area contributed by atoms with Gasteiger partial charge in [-0.3, -0.25) is 9.69 Å². The number of aromatic nitrogens is 1. The third-order valence-corrected chi connectivity index (χ3v) is 3.96. The Bertz CT molecular complexity index is 385. The molecule has 2 heterocycles.